The second-order valence-corrected chi connectivity index (χ2v) is 5.11. The van der Waals surface area contributed by atoms with E-state index in [0.717, 1.165) is 12.8 Å². The second kappa shape index (κ2) is 5.52. The number of hydrogen-bond donors (Lipinski definition) is 1. The minimum absolute atomic E-state index is 0.0323. The van der Waals surface area contributed by atoms with Crippen LogP contribution in [0.3, 0.4) is 0 Å². The Kier molecular flexibility index (Phi) is 4.02. The Morgan fingerprint density at radius 3 is 2.59 bits per heavy atom. The van der Waals surface area contributed by atoms with Crippen LogP contribution >= 0.6 is 0 Å². The van der Waals surface area contributed by atoms with Gasteiger partial charge in [-0.3, -0.25) is 9.59 Å². The Balaban J connectivity index is 2.10. The molecule has 1 saturated carbocycles. The van der Waals surface area contributed by atoms with Crippen molar-refractivity contribution in [1.29, 1.82) is 0 Å². The Hall–Kier alpha value is -1.06. The van der Waals surface area contributed by atoms with Gasteiger partial charge in [-0.2, -0.15) is 0 Å². The number of hydrogen-bond acceptors (Lipinski definition) is 2. The summed E-state index contributed by atoms with van der Waals surface area (Å²) in [6, 6.07) is -0.259. The fraction of sp³-hybridized carbons (Fsp3) is 0.846. The van der Waals surface area contributed by atoms with Gasteiger partial charge in [0.2, 0.25) is 11.8 Å². The minimum Gasteiger partial charge on any atom is -0.344 e. The summed E-state index contributed by atoms with van der Waals surface area (Å²) < 4.78 is 0. The maximum absolute atomic E-state index is 12.3. The van der Waals surface area contributed by atoms with Crippen molar-refractivity contribution in [3.05, 3.63) is 0 Å². The van der Waals surface area contributed by atoms with Crippen molar-refractivity contribution < 1.29 is 9.59 Å². The molecule has 17 heavy (non-hydrogen) atoms. The lowest BCUT2D eigenvalue weighted by molar-refractivity contribution is -0.135. The van der Waals surface area contributed by atoms with Crippen LogP contribution in [0.15, 0.2) is 0 Å². The highest BCUT2D eigenvalue weighted by Gasteiger charge is 2.35. The predicted molar refractivity (Wildman–Crippen MR) is 65.4 cm³/mol. The molecule has 2 rings (SSSR count). The van der Waals surface area contributed by atoms with Crippen LogP contribution in [-0.2, 0) is 9.59 Å². The van der Waals surface area contributed by atoms with Crippen molar-refractivity contribution in [3.63, 3.8) is 0 Å². The molecule has 0 aromatic carbocycles. The number of nitrogens with zero attached hydrogens (tertiary/aromatic N) is 1. The number of carbonyl (C=O) groups is 2. The molecule has 4 heteroatoms. The predicted octanol–water partition coefficient (Wildman–Crippen LogP) is 1.30. The van der Waals surface area contributed by atoms with Crippen molar-refractivity contribution in [3.8, 4) is 0 Å². The molecule has 0 spiro atoms. The van der Waals surface area contributed by atoms with Crippen LogP contribution in [0.2, 0.25) is 0 Å². The number of likely N-dealkylation sites (N-methyl/N-ethyl adjacent to an activating group) is 1. The summed E-state index contributed by atoms with van der Waals surface area (Å²) in [5.41, 5.74) is 0. The molecule has 0 bridgehead atoms. The third-order valence-electron chi connectivity index (χ3n) is 4.01. The number of nitrogens with one attached hydrogen (secondary N) is 1. The minimum atomic E-state index is -0.259. The second-order valence-electron chi connectivity index (χ2n) is 5.11. The number of amides is 2. The van der Waals surface area contributed by atoms with Crippen LogP contribution in [0.25, 0.3) is 0 Å². The lowest BCUT2D eigenvalue weighted by atomic mass is 9.83. The van der Waals surface area contributed by atoms with Gasteiger partial charge in [0.05, 0.1) is 0 Å². The van der Waals surface area contributed by atoms with Crippen molar-refractivity contribution in [2.24, 2.45) is 5.92 Å². The third-order valence-corrected chi connectivity index (χ3v) is 4.01. The van der Waals surface area contributed by atoms with Gasteiger partial charge in [0.15, 0.2) is 0 Å². The summed E-state index contributed by atoms with van der Waals surface area (Å²) in [6.07, 6.45) is 6.25. The lowest BCUT2D eigenvalue weighted by Gasteiger charge is -2.31. The molecular weight excluding hydrogens is 216 g/mol. The fourth-order valence-corrected chi connectivity index (χ4v) is 2.95. The van der Waals surface area contributed by atoms with E-state index < -0.39 is 0 Å². The van der Waals surface area contributed by atoms with Gasteiger partial charge in [0.25, 0.3) is 0 Å². The van der Waals surface area contributed by atoms with Crippen molar-refractivity contribution in [2.75, 3.05) is 13.1 Å². The number of carbonyl (C=O) groups excluding carboxylic acids is 2. The standard InChI is InChI=1S/C13H22N2O2/c1-2-15-9-8-11(16)14-12(13(15)17)10-6-4-3-5-7-10/h10,12H,2-9H2,1H3,(H,14,16). The molecule has 4 nitrogen and oxygen atoms in total. The van der Waals surface area contributed by atoms with E-state index in [2.05, 4.69) is 5.32 Å². The molecule has 2 aliphatic rings. The molecule has 1 heterocycles. The van der Waals surface area contributed by atoms with Gasteiger partial charge in [-0.15, -0.1) is 0 Å². The Labute approximate surface area is 103 Å². The average molecular weight is 238 g/mol. The maximum atomic E-state index is 12.3. The first-order valence-corrected chi connectivity index (χ1v) is 6.80. The van der Waals surface area contributed by atoms with E-state index in [1.807, 2.05) is 11.8 Å². The van der Waals surface area contributed by atoms with Crippen molar-refractivity contribution in [2.45, 2.75) is 51.5 Å². The van der Waals surface area contributed by atoms with Crippen LogP contribution in [0.4, 0.5) is 0 Å². The van der Waals surface area contributed by atoms with Gasteiger partial charge in [-0.05, 0) is 25.7 Å². The largest absolute Gasteiger partial charge is 0.344 e. The van der Waals surface area contributed by atoms with E-state index in [4.69, 9.17) is 0 Å². The number of rotatable bonds is 2. The topological polar surface area (TPSA) is 49.4 Å². The van der Waals surface area contributed by atoms with E-state index in [1.54, 1.807) is 0 Å². The summed E-state index contributed by atoms with van der Waals surface area (Å²) in [7, 11) is 0. The molecule has 1 saturated heterocycles. The Morgan fingerprint density at radius 2 is 1.94 bits per heavy atom. The van der Waals surface area contributed by atoms with E-state index in [0.29, 0.717) is 25.4 Å². The first-order valence-electron chi connectivity index (χ1n) is 6.80. The monoisotopic (exact) mass is 238 g/mol. The van der Waals surface area contributed by atoms with Crippen LogP contribution in [0, 0.1) is 5.92 Å². The van der Waals surface area contributed by atoms with E-state index >= 15 is 0 Å². The van der Waals surface area contributed by atoms with Crippen LogP contribution in [0.5, 0.6) is 0 Å². The van der Waals surface area contributed by atoms with Crippen molar-refractivity contribution in [1.82, 2.24) is 10.2 Å². The fourth-order valence-electron chi connectivity index (χ4n) is 2.95. The zero-order valence-corrected chi connectivity index (χ0v) is 10.6. The highest BCUT2D eigenvalue weighted by Crippen LogP contribution is 2.28. The summed E-state index contributed by atoms with van der Waals surface area (Å²) in [6.45, 7) is 3.26. The molecule has 2 amide bonds. The van der Waals surface area contributed by atoms with Crippen LogP contribution in [0.1, 0.15) is 45.4 Å². The molecule has 1 aliphatic heterocycles. The van der Waals surface area contributed by atoms with Gasteiger partial charge < -0.3 is 10.2 Å². The van der Waals surface area contributed by atoms with E-state index in [-0.39, 0.29) is 17.9 Å². The Morgan fingerprint density at radius 1 is 1.24 bits per heavy atom. The van der Waals surface area contributed by atoms with E-state index in [9.17, 15) is 9.59 Å². The highest BCUT2D eigenvalue weighted by atomic mass is 16.2. The lowest BCUT2D eigenvalue weighted by Crippen LogP contribution is -2.49. The van der Waals surface area contributed by atoms with Gasteiger partial charge in [-0.25, -0.2) is 0 Å². The quantitative estimate of drug-likeness (QED) is 0.788. The van der Waals surface area contributed by atoms with Gasteiger partial charge in [0, 0.05) is 19.5 Å². The van der Waals surface area contributed by atoms with Crippen molar-refractivity contribution >= 4 is 11.8 Å². The first kappa shape index (κ1) is 12.4. The highest BCUT2D eigenvalue weighted by molar-refractivity contribution is 5.90. The molecule has 1 unspecified atom stereocenters. The summed E-state index contributed by atoms with van der Waals surface area (Å²) in [5, 5.41) is 2.93. The van der Waals surface area contributed by atoms with Gasteiger partial charge in [0.1, 0.15) is 6.04 Å². The van der Waals surface area contributed by atoms with Gasteiger partial charge >= 0.3 is 0 Å². The van der Waals surface area contributed by atoms with Crippen LogP contribution in [-0.4, -0.2) is 35.8 Å². The molecule has 0 aromatic rings. The van der Waals surface area contributed by atoms with E-state index in [1.165, 1.54) is 19.3 Å². The third kappa shape index (κ3) is 2.79. The molecule has 0 radical (unpaired) electrons. The molecule has 1 atom stereocenters. The summed E-state index contributed by atoms with van der Waals surface area (Å²) in [5.74, 6) is 0.516. The zero-order chi connectivity index (χ0) is 12.3. The van der Waals surface area contributed by atoms with Gasteiger partial charge in [-0.1, -0.05) is 19.3 Å². The molecule has 2 fully saturated rings. The van der Waals surface area contributed by atoms with Crippen LogP contribution < -0.4 is 5.32 Å². The first-order chi connectivity index (χ1) is 8.22. The smallest absolute Gasteiger partial charge is 0.245 e. The molecule has 96 valence electrons. The summed E-state index contributed by atoms with van der Waals surface area (Å²) >= 11 is 0. The molecule has 0 aromatic heterocycles. The summed E-state index contributed by atoms with van der Waals surface area (Å²) in [4.78, 5) is 25.8. The average Bonchev–Trinajstić information content (AvgIpc) is 2.50. The zero-order valence-electron chi connectivity index (χ0n) is 10.6. The SMILES string of the molecule is CCN1CCC(=O)NC(C2CCCCC2)C1=O. The Bertz CT molecular complexity index is 298. The molecular formula is C13H22N2O2. The molecule has 1 aliphatic carbocycles. The normalized spacial score (nSPS) is 27.8. The molecule has 1 N–H and O–H groups in total. The maximum Gasteiger partial charge on any atom is 0.245 e.